The van der Waals surface area contributed by atoms with Gasteiger partial charge in [0.05, 0.1) is 22.8 Å². The molecule has 1 atom stereocenters. The molecule has 0 saturated carbocycles. The highest BCUT2D eigenvalue weighted by molar-refractivity contribution is 7.99. The summed E-state index contributed by atoms with van der Waals surface area (Å²) < 4.78 is 39.0. The number of nitrogens with zero attached hydrogens (tertiary/aromatic N) is 4. The Morgan fingerprint density at radius 1 is 1.37 bits per heavy atom. The lowest BCUT2D eigenvalue weighted by Crippen LogP contribution is -2.42. The lowest BCUT2D eigenvalue weighted by atomic mass is 10.2. The number of thioether (sulfide) groups is 1. The van der Waals surface area contributed by atoms with Crippen LogP contribution in [0.5, 0.6) is 0 Å². The maximum absolute atomic E-state index is 14.0. The molecule has 0 unspecified atom stereocenters. The van der Waals surface area contributed by atoms with E-state index < -0.39 is 9.84 Å². The smallest absolute Gasteiger partial charge is 0.233 e. The second-order valence-electron chi connectivity index (χ2n) is 6.37. The largest absolute Gasteiger partial charge is 0.338 e. The van der Waals surface area contributed by atoms with Crippen LogP contribution in [-0.4, -0.2) is 63.8 Å². The molecule has 1 saturated heterocycles. The topological polar surface area (TPSA) is 85.2 Å². The Balaban J connectivity index is 1.68. The summed E-state index contributed by atoms with van der Waals surface area (Å²) in [5, 5.41) is 8.58. The molecule has 0 aliphatic carbocycles. The molecule has 2 heterocycles. The highest BCUT2D eigenvalue weighted by atomic mass is 32.2. The van der Waals surface area contributed by atoms with E-state index in [-0.39, 0.29) is 35.0 Å². The van der Waals surface area contributed by atoms with Gasteiger partial charge >= 0.3 is 0 Å². The first kappa shape index (κ1) is 19.8. The third-order valence-corrected chi connectivity index (χ3v) is 7.34. The van der Waals surface area contributed by atoms with Gasteiger partial charge in [-0.05, 0) is 25.5 Å². The summed E-state index contributed by atoms with van der Waals surface area (Å²) >= 11 is 1.21. The second kappa shape index (κ2) is 7.97. The van der Waals surface area contributed by atoms with Crippen LogP contribution in [0.3, 0.4) is 0 Å². The molecule has 0 bridgehead atoms. The summed E-state index contributed by atoms with van der Waals surface area (Å²) in [6.45, 7) is 2.30. The van der Waals surface area contributed by atoms with Crippen LogP contribution in [0.4, 0.5) is 4.39 Å². The molecule has 27 heavy (non-hydrogen) atoms. The molecule has 3 rings (SSSR count). The van der Waals surface area contributed by atoms with Crippen LogP contribution in [-0.2, 0) is 21.7 Å². The first-order chi connectivity index (χ1) is 12.8. The lowest BCUT2D eigenvalue weighted by molar-refractivity contribution is -0.129. The minimum atomic E-state index is -3.05. The van der Waals surface area contributed by atoms with Gasteiger partial charge in [0.15, 0.2) is 20.8 Å². The average Bonchev–Trinajstić information content (AvgIpc) is 3.16. The summed E-state index contributed by atoms with van der Waals surface area (Å²) in [6, 6.07) is 6.04. The number of amides is 1. The maximum Gasteiger partial charge on any atom is 0.233 e. The molecule has 2 aromatic rings. The van der Waals surface area contributed by atoms with Crippen LogP contribution >= 0.6 is 11.8 Å². The van der Waals surface area contributed by atoms with E-state index in [0.717, 1.165) is 0 Å². The van der Waals surface area contributed by atoms with Gasteiger partial charge in [0.2, 0.25) is 5.91 Å². The van der Waals surface area contributed by atoms with Crippen molar-refractivity contribution in [3.63, 3.8) is 0 Å². The Kier molecular flexibility index (Phi) is 5.85. The molecular formula is C17H21FN4O3S2. The molecule has 1 aromatic carbocycles. The first-order valence-corrected chi connectivity index (χ1v) is 11.4. The van der Waals surface area contributed by atoms with Crippen molar-refractivity contribution in [2.24, 2.45) is 7.05 Å². The van der Waals surface area contributed by atoms with Gasteiger partial charge in [0.25, 0.3) is 0 Å². The van der Waals surface area contributed by atoms with Crippen molar-refractivity contribution in [3.8, 4) is 11.4 Å². The Hall–Kier alpha value is -1.94. The van der Waals surface area contributed by atoms with Crippen LogP contribution in [0.1, 0.15) is 13.3 Å². The third kappa shape index (κ3) is 4.32. The van der Waals surface area contributed by atoms with Crippen molar-refractivity contribution < 1.29 is 17.6 Å². The van der Waals surface area contributed by atoms with Crippen molar-refractivity contribution in [1.29, 1.82) is 0 Å². The van der Waals surface area contributed by atoms with Crippen LogP contribution in [0.2, 0.25) is 0 Å². The van der Waals surface area contributed by atoms with Crippen LogP contribution in [0, 0.1) is 5.82 Å². The van der Waals surface area contributed by atoms with Gasteiger partial charge < -0.3 is 9.47 Å². The van der Waals surface area contributed by atoms with E-state index in [1.165, 1.54) is 17.8 Å². The van der Waals surface area contributed by atoms with Gasteiger partial charge in [0.1, 0.15) is 5.82 Å². The van der Waals surface area contributed by atoms with E-state index in [4.69, 9.17) is 0 Å². The molecule has 0 radical (unpaired) electrons. The van der Waals surface area contributed by atoms with E-state index in [2.05, 4.69) is 10.2 Å². The monoisotopic (exact) mass is 412 g/mol. The van der Waals surface area contributed by atoms with Crippen molar-refractivity contribution >= 4 is 27.5 Å². The summed E-state index contributed by atoms with van der Waals surface area (Å²) in [6.07, 6.45) is 0.480. The fraction of sp³-hybridized carbons (Fsp3) is 0.471. The van der Waals surface area contributed by atoms with Gasteiger partial charge in [0, 0.05) is 19.6 Å². The first-order valence-electron chi connectivity index (χ1n) is 8.59. The fourth-order valence-corrected chi connectivity index (χ4v) is 5.71. The third-order valence-electron chi connectivity index (χ3n) is 4.58. The SMILES string of the molecule is CCN(C(=O)CSc1nnc(-c2ccccc2F)n1C)[C@@H]1CCS(=O)(=O)C1. The predicted octanol–water partition coefficient (Wildman–Crippen LogP) is 1.75. The summed E-state index contributed by atoms with van der Waals surface area (Å²) in [5.41, 5.74) is 0.344. The highest BCUT2D eigenvalue weighted by Gasteiger charge is 2.33. The minimum Gasteiger partial charge on any atom is -0.338 e. The van der Waals surface area contributed by atoms with Crippen molar-refractivity contribution in [1.82, 2.24) is 19.7 Å². The van der Waals surface area contributed by atoms with Crippen molar-refractivity contribution in [3.05, 3.63) is 30.1 Å². The number of carbonyl (C=O) groups is 1. The Labute approximate surface area is 161 Å². The number of carbonyl (C=O) groups excluding carboxylic acids is 1. The normalized spacial score (nSPS) is 18.6. The van der Waals surface area contributed by atoms with Crippen molar-refractivity contribution in [2.45, 2.75) is 24.5 Å². The maximum atomic E-state index is 14.0. The van der Waals surface area contributed by atoms with Crippen LogP contribution < -0.4 is 0 Å². The van der Waals surface area contributed by atoms with Crippen molar-refractivity contribution in [2.75, 3.05) is 23.8 Å². The number of rotatable bonds is 6. The number of hydrogen-bond acceptors (Lipinski definition) is 6. The Morgan fingerprint density at radius 2 is 2.11 bits per heavy atom. The van der Waals surface area contributed by atoms with E-state index in [1.54, 1.807) is 34.7 Å². The van der Waals surface area contributed by atoms with E-state index >= 15 is 0 Å². The number of aromatic nitrogens is 3. The predicted molar refractivity (Wildman–Crippen MR) is 102 cm³/mol. The van der Waals surface area contributed by atoms with Gasteiger partial charge in [-0.2, -0.15) is 0 Å². The van der Waals surface area contributed by atoms with Gasteiger partial charge in [-0.15, -0.1) is 10.2 Å². The molecule has 10 heteroatoms. The van der Waals surface area contributed by atoms with E-state index in [0.29, 0.717) is 29.5 Å². The zero-order valence-corrected chi connectivity index (χ0v) is 16.8. The number of benzene rings is 1. The average molecular weight is 413 g/mol. The Morgan fingerprint density at radius 3 is 2.74 bits per heavy atom. The quantitative estimate of drug-likeness (QED) is 0.672. The standard InChI is InChI=1S/C17H21FN4O3S2/c1-3-22(12-8-9-27(24,25)11-12)15(23)10-26-17-20-19-16(21(17)2)13-6-4-5-7-14(13)18/h4-7,12H,3,8-11H2,1-2H3/t12-/m1/s1. The minimum absolute atomic E-state index is 0.0264. The summed E-state index contributed by atoms with van der Waals surface area (Å²) in [4.78, 5) is 14.2. The molecule has 1 amide bonds. The van der Waals surface area contributed by atoms with E-state index in [1.807, 2.05) is 6.92 Å². The molecule has 0 N–H and O–H groups in total. The van der Waals surface area contributed by atoms with Gasteiger partial charge in [-0.1, -0.05) is 23.9 Å². The summed E-state index contributed by atoms with van der Waals surface area (Å²) in [7, 11) is -1.33. The van der Waals surface area contributed by atoms with Gasteiger partial charge in [-0.25, -0.2) is 12.8 Å². The van der Waals surface area contributed by atoms with Gasteiger partial charge in [-0.3, -0.25) is 4.79 Å². The van der Waals surface area contributed by atoms with Crippen LogP contribution in [0.15, 0.2) is 29.4 Å². The molecule has 1 fully saturated rings. The van der Waals surface area contributed by atoms with E-state index in [9.17, 15) is 17.6 Å². The fourth-order valence-electron chi connectivity index (χ4n) is 3.19. The van der Waals surface area contributed by atoms with Crippen LogP contribution in [0.25, 0.3) is 11.4 Å². The zero-order chi connectivity index (χ0) is 19.6. The lowest BCUT2D eigenvalue weighted by Gasteiger charge is -2.26. The summed E-state index contributed by atoms with van der Waals surface area (Å²) in [5.74, 6) is 0.133. The molecule has 7 nitrogen and oxygen atoms in total. The number of sulfone groups is 1. The molecule has 1 aliphatic heterocycles. The molecule has 0 spiro atoms. The highest BCUT2D eigenvalue weighted by Crippen LogP contribution is 2.25. The second-order valence-corrected chi connectivity index (χ2v) is 9.54. The molecular weight excluding hydrogens is 391 g/mol. The molecule has 146 valence electrons. The number of halogens is 1. The molecule has 1 aromatic heterocycles. The zero-order valence-electron chi connectivity index (χ0n) is 15.1. The number of hydrogen-bond donors (Lipinski definition) is 0. The Bertz CT molecular complexity index is 945. The molecule has 1 aliphatic rings.